The van der Waals surface area contributed by atoms with Crippen LogP contribution in [0.5, 0.6) is 5.75 Å². The Hall–Kier alpha value is -2.34. The summed E-state index contributed by atoms with van der Waals surface area (Å²) in [6.07, 6.45) is 2.24. The first kappa shape index (κ1) is 17.1. The number of hydrogen-bond donors (Lipinski definition) is 1. The molecule has 0 saturated carbocycles. The quantitative estimate of drug-likeness (QED) is 0.911. The third-order valence-corrected chi connectivity index (χ3v) is 5.75. The average Bonchev–Trinajstić information content (AvgIpc) is 3.14. The molecule has 1 amide bonds. The van der Waals surface area contributed by atoms with Crippen LogP contribution in [0, 0.1) is 11.7 Å². The van der Waals surface area contributed by atoms with Gasteiger partial charge in [-0.1, -0.05) is 0 Å². The minimum atomic E-state index is -0.448. The van der Waals surface area contributed by atoms with E-state index < -0.39 is 5.82 Å². The maximum atomic E-state index is 14.2. The molecule has 26 heavy (non-hydrogen) atoms. The van der Waals surface area contributed by atoms with Crippen LogP contribution in [0.4, 0.5) is 4.39 Å². The topological polar surface area (TPSA) is 54.7 Å². The van der Waals surface area contributed by atoms with E-state index in [-0.39, 0.29) is 17.7 Å². The number of nitrogens with zero attached hydrogens (tertiary/aromatic N) is 1. The summed E-state index contributed by atoms with van der Waals surface area (Å²) in [6.45, 7) is 4.39. The number of ether oxygens (including phenoxy) is 1. The molecular weight excluding hydrogens is 335 g/mol. The zero-order valence-electron chi connectivity index (χ0n) is 15.0. The van der Waals surface area contributed by atoms with Gasteiger partial charge in [-0.2, -0.15) is 0 Å². The second kappa shape index (κ2) is 6.76. The molecule has 3 aliphatic heterocycles. The van der Waals surface area contributed by atoms with Crippen molar-refractivity contribution in [2.24, 2.45) is 5.92 Å². The minimum Gasteiger partial charge on any atom is -0.497 e. The van der Waals surface area contributed by atoms with Gasteiger partial charge >= 0.3 is 0 Å². The Morgan fingerprint density at radius 3 is 2.69 bits per heavy atom. The van der Waals surface area contributed by atoms with Crippen molar-refractivity contribution in [3.05, 3.63) is 41.9 Å². The van der Waals surface area contributed by atoms with Crippen LogP contribution in [0.15, 0.2) is 34.7 Å². The highest BCUT2D eigenvalue weighted by atomic mass is 19.1. The number of halogens is 1. The van der Waals surface area contributed by atoms with Crippen LogP contribution in [0.1, 0.15) is 30.3 Å². The summed E-state index contributed by atoms with van der Waals surface area (Å²) in [5.41, 5.74) is 0.307. The smallest absolute Gasteiger partial charge is 0.287 e. The molecule has 5 rings (SSSR count). The Morgan fingerprint density at radius 1 is 1.27 bits per heavy atom. The monoisotopic (exact) mass is 358 g/mol. The van der Waals surface area contributed by atoms with Gasteiger partial charge in [0, 0.05) is 18.2 Å². The summed E-state index contributed by atoms with van der Waals surface area (Å²) in [7, 11) is 1.49. The molecular formula is C20H23FN2O3. The molecule has 0 spiro atoms. The van der Waals surface area contributed by atoms with Crippen LogP contribution in [0.3, 0.4) is 0 Å². The van der Waals surface area contributed by atoms with Crippen molar-refractivity contribution in [2.75, 3.05) is 20.2 Å². The van der Waals surface area contributed by atoms with E-state index in [1.807, 2.05) is 0 Å². The Labute approximate surface area is 152 Å². The number of methoxy groups -OCH3 is 1. The molecule has 2 bridgehead atoms. The number of carbonyl (C=O) groups is 1. The van der Waals surface area contributed by atoms with E-state index in [1.54, 1.807) is 24.3 Å². The fourth-order valence-corrected chi connectivity index (χ4v) is 4.20. The predicted molar refractivity (Wildman–Crippen MR) is 95.7 cm³/mol. The standard InChI is InChI=1S/C20H23FN2O3/c1-12-19(13-7-9-23(12)10-8-13)22-20(24)18-6-5-17(26-18)15-4-3-14(25-2)11-16(15)21/h3-6,11-13,19H,7-10H2,1-2H3,(H,22,24). The highest BCUT2D eigenvalue weighted by Gasteiger charge is 2.40. The summed E-state index contributed by atoms with van der Waals surface area (Å²) in [6, 6.07) is 8.24. The maximum Gasteiger partial charge on any atom is 0.287 e. The van der Waals surface area contributed by atoms with Crippen LogP contribution < -0.4 is 10.1 Å². The lowest BCUT2D eigenvalue weighted by molar-refractivity contribution is 0.0211. The third-order valence-electron chi connectivity index (χ3n) is 5.75. The van der Waals surface area contributed by atoms with Gasteiger partial charge in [-0.05, 0) is 63.0 Å². The lowest BCUT2D eigenvalue weighted by Gasteiger charge is -2.49. The maximum absolute atomic E-state index is 14.2. The number of amides is 1. The van der Waals surface area contributed by atoms with E-state index in [0.717, 1.165) is 25.9 Å². The molecule has 1 N–H and O–H groups in total. The number of benzene rings is 1. The van der Waals surface area contributed by atoms with Crippen molar-refractivity contribution in [1.82, 2.24) is 10.2 Å². The van der Waals surface area contributed by atoms with Gasteiger partial charge in [-0.25, -0.2) is 4.39 Å². The number of furan rings is 1. The molecule has 0 radical (unpaired) electrons. The summed E-state index contributed by atoms with van der Waals surface area (Å²) >= 11 is 0. The van der Waals surface area contributed by atoms with Gasteiger partial charge in [0.1, 0.15) is 17.3 Å². The molecule has 3 aliphatic rings. The zero-order chi connectivity index (χ0) is 18.3. The molecule has 2 atom stereocenters. The van der Waals surface area contributed by atoms with Gasteiger partial charge in [0.25, 0.3) is 5.91 Å². The van der Waals surface area contributed by atoms with Gasteiger partial charge in [-0.15, -0.1) is 0 Å². The minimum absolute atomic E-state index is 0.135. The molecule has 2 aromatic rings. The lowest BCUT2D eigenvalue weighted by atomic mass is 9.79. The van der Waals surface area contributed by atoms with Gasteiger partial charge in [-0.3, -0.25) is 9.69 Å². The molecule has 1 aromatic carbocycles. The second-order valence-electron chi connectivity index (χ2n) is 7.12. The molecule has 3 saturated heterocycles. The molecule has 5 nitrogen and oxygen atoms in total. The first-order chi connectivity index (χ1) is 12.6. The van der Waals surface area contributed by atoms with Crippen molar-refractivity contribution >= 4 is 5.91 Å². The molecule has 6 heteroatoms. The van der Waals surface area contributed by atoms with Crippen LogP contribution in [-0.4, -0.2) is 43.1 Å². The highest BCUT2D eigenvalue weighted by molar-refractivity contribution is 5.92. The zero-order valence-corrected chi connectivity index (χ0v) is 15.0. The third kappa shape index (κ3) is 2.98. The summed E-state index contributed by atoms with van der Waals surface area (Å²) in [5, 5.41) is 3.13. The largest absolute Gasteiger partial charge is 0.497 e. The SMILES string of the molecule is COc1ccc(-c2ccc(C(=O)NC3C4CCN(CC4)C3C)o2)c(F)c1. The fourth-order valence-electron chi connectivity index (χ4n) is 4.20. The summed E-state index contributed by atoms with van der Waals surface area (Å²) in [5.74, 6) is 0.808. The first-order valence-corrected chi connectivity index (χ1v) is 9.05. The van der Waals surface area contributed by atoms with Crippen molar-refractivity contribution in [1.29, 1.82) is 0 Å². The van der Waals surface area contributed by atoms with Crippen LogP contribution in [-0.2, 0) is 0 Å². The van der Waals surface area contributed by atoms with Gasteiger partial charge < -0.3 is 14.5 Å². The number of nitrogens with one attached hydrogen (secondary N) is 1. The molecule has 4 heterocycles. The predicted octanol–water partition coefficient (Wildman–Crippen LogP) is 3.31. The van der Waals surface area contributed by atoms with Crippen molar-refractivity contribution in [3.8, 4) is 17.1 Å². The fraction of sp³-hybridized carbons (Fsp3) is 0.450. The van der Waals surface area contributed by atoms with E-state index in [0.29, 0.717) is 29.0 Å². The van der Waals surface area contributed by atoms with E-state index in [2.05, 4.69) is 17.1 Å². The number of rotatable bonds is 4. The van der Waals surface area contributed by atoms with E-state index >= 15 is 0 Å². The number of carbonyl (C=O) groups excluding carboxylic acids is 1. The van der Waals surface area contributed by atoms with E-state index in [1.165, 1.54) is 13.2 Å². The van der Waals surface area contributed by atoms with Crippen molar-refractivity contribution in [2.45, 2.75) is 31.8 Å². The molecule has 2 unspecified atom stereocenters. The summed E-state index contributed by atoms with van der Waals surface area (Å²) < 4.78 is 24.9. The van der Waals surface area contributed by atoms with Gasteiger partial charge in [0.15, 0.2) is 5.76 Å². The van der Waals surface area contributed by atoms with Gasteiger partial charge in [0.05, 0.1) is 12.7 Å². The number of hydrogen-bond acceptors (Lipinski definition) is 4. The van der Waals surface area contributed by atoms with Gasteiger partial charge in [0.2, 0.25) is 0 Å². The Kier molecular flexibility index (Phi) is 4.44. The Balaban J connectivity index is 1.50. The van der Waals surface area contributed by atoms with E-state index in [4.69, 9.17) is 9.15 Å². The average molecular weight is 358 g/mol. The Bertz CT molecular complexity index is 809. The Morgan fingerprint density at radius 2 is 2.04 bits per heavy atom. The number of fused-ring (bicyclic) bond motifs is 3. The van der Waals surface area contributed by atoms with Crippen molar-refractivity contribution in [3.63, 3.8) is 0 Å². The van der Waals surface area contributed by atoms with E-state index in [9.17, 15) is 9.18 Å². The normalized spacial score (nSPS) is 27.3. The molecule has 0 aliphatic carbocycles. The highest BCUT2D eigenvalue weighted by Crippen LogP contribution is 2.33. The molecule has 3 fully saturated rings. The molecule has 138 valence electrons. The second-order valence-corrected chi connectivity index (χ2v) is 7.12. The lowest BCUT2D eigenvalue weighted by Crippen LogP contribution is -2.62. The van der Waals surface area contributed by atoms with Crippen LogP contribution in [0.25, 0.3) is 11.3 Å². The number of piperidine rings is 3. The van der Waals surface area contributed by atoms with Crippen molar-refractivity contribution < 1.29 is 18.3 Å². The first-order valence-electron chi connectivity index (χ1n) is 9.05. The summed E-state index contributed by atoms with van der Waals surface area (Å²) in [4.78, 5) is 15.0. The molecule has 1 aromatic heterocycles. The van der Waals surface area contributed by atoms with Crippen LogP contribution in [0.2, 0.25) is 0 Å². The van der Waals surface area contributed by atoms with Crippen LogP contribution >= 0.6 is 0 Å².